The summed E-state index contributed by atoms with van der Waals surface area (Å²) in [6, 6.07) is 7.31. The molecule has 0 bridgehead atoms. The van der Waals surface area contributed by atoms with Crippen molar-refractivity contribution in [1.29, 1.82) is 0 Å². The van der Waals surface area contributed by atoms with Crippen LogP contribution in [0.4, 0.5) is 5.69 Å². The van der Waals surface area contributed by atoms with Gasteiger partial charge in [0.1, 0.15) is 0 Å². The molecule has 0 aliphatic heterocycles. The molecule has 0 radical (unpaired) electrons. The van der Waals surface area contributed by atoms with Gasteiger partial charge in [-0.3, -0.25) is 9.71 Å². The molecule has 0 saturated heterocycles. The van der Waals surface area contributed by atoms with Crippen LogP contribution in [0.5, 0.6) is 0 Å². The first kappa shape index (κ1) is 25.0. The molecule has 7 nitrogen and oxygen atoms in total. The minimum Gasteiger partial charge on any atom is -0.378 e. The molecule has 0 atom stereocenters. The summed E-state index contributed by atoms with van der Waals surface area (Å²) in [5.41, 5.74) is 1.43. The Bertz CT molecular complexity index is 707. The molecule has 1 fully saturated rings. The third kappa shape index (κ3) is 9.92. The highest BCUT2D eigenvalue weighted by molar-refractivity contribution is 14.0. The molecule has 2 rings (SSSR count). The monoisotopic (exact) mass is 524 g/mol. The quantitative estimate of drug-likeness (QED) is 0.200. The average molecular weight is 524 g/mol. The fraction of sp³-hybridized carbons (Fsp3) is 0.632. The van der Waals surface area contributed by atoms with Crippen LogP contribution in [-0.4, -0.2) is 46.9 Å². The Morgan fingerprint density at radius 2 is 1.89 bits per heavy atom. The molecule has 1 aromatic rings. The molecular formula is C19H33IN4O3S. The number of rotatable bonds is 9. The van der Waals surface area contributed by atoms with E-state index in [0.717, 1.165) is 31.4 Å². The summed E-state index contributed by atoms with van der Waals surface area (Å²) in [5, 5.41) is 6.48. The van der Waals surface area contributed by atoms with Gasteiger partial charge in [-0.2, -0.15) is 0 Å². The Hall–Kier alpha value is -1.07. The van der Waals surface area contributed by atoms with Crippen LogP contribution >= 0.6 is 24.0 Å². The van der Waals surface area contributed by atoms with E-state index >= 15 is 0 Å². The molecule has 1 aliphatic rings. The van der Waals surface area contributed by atoms with E-state index in [1.165, 1.54) is 32.1 Å². The van der Waals surface area contributed by atoms with Crippen molar-refractivity contribution >= 4 is 45.6 Å². The van der Waals surface area contributed by atoms with Crippen molar-refractivity contribution in [3.05, 3.63) is 29.8 Å². The SMILES string of the molecule is CN=C(NCCCOC1CCCCC1)NCc1ccccc1NS(C)(=O)=O.I. The fourth-order valence-corrected chi connectivity index (χ4v) is 3.73. The molecule has 3 N–H and O–H groups in total. The van der Waals surface area contributed by atoms with E-state index < -0.39 is 10.0 Å². The topological polar surface area (TPSA) is 91.8 Å². The van der Waals surface area contributed by atoms with Crippen LogP contribution in [0.3, 0.4) is 0 Å². The van der Waals surface area contributed by atoms with E-state index in [1.807, 2.05) is 12.1 Å². The minimum atomic E-state index is -3.31. The van der Waals surface area contributed by atoms with Crippen molar-refractivity contribution in [3.8, 4) is 0 Å². The largest absolute Gasteiger partial charge is 0.378 e. The molecule has 160 valence electrons. The van der Waals surface area contributed by atoms with Crippen LogP contribution in [0, 0.1) is 0 Å². The summed E-state index contributed by atoms with van der Waals surface area (Å²) < 4.78 is 31.4. The number of nitrogens with one attached hydrogen (secondary N) is 3. The van der Waals surface area contributed by atoms with Crippen molar-refractivity contribution in [1.82, 2.24) is 10.6 Å². The van der Waals surface area contributed by atoms with Gasteiger partial charge < -0.3 is 15.4 Å². The minimum absolute atomic E-state index is 0. The summed E-state index contributed by atoms with van der Waals surface area (Å²) in [7, 11) is -1.59. The van der Waals surface area contributed by atoms with Crippen LogP contribution in [-0.2, 0) is 21.3 Å². The van der Waals surface area contributed by atoms with Crippen molar-refractivity contribution in [2.75, 3.05) is 31.2 Å². The first-order valence-electron chi connectivity index (χ1n) is 9.60. The third-order valence-corrected chi connectivity index (χ3v) is 5.09. The van der Waals surface area contributed by atoms with Crippen molar-refractivity contribution in [2.45, 2.75) is 51.2 Å². The lowest BCUT2D eigenvalue weighted by atomic mass is 9.98. The molecule has 1 aromatic carbocycles. The second-order valence-electron chi connectivity index (χ2n) is 6.87. The molecule has 9 heteroatoms. The first-order valence-corrected chi connectivity index (χ1v) is 11.5. The lowest BCUT2D eigenvalue weighted by Gasteiger charge is -2.22. The predicted octanol–water partition coefficient (Wildman–Crippen LogP) is 3.08. The van der Waals surface area contributed by atoms with Gasteiger partial charge in [-0.05, 0) is 30.9 Å². The molecule has 0 amide bonds. The van der Waals surface area contributed by atoms with Crippen molar-refractivity contribution in [3.63, 3.8) is 0 Å². The number of para-hydroxylation sites is 1. The number of sulfonamides is 1. The summed E-state index contributed by atoms with van der Waals surface area (Å²) in [4.78, 5) is 4.21. The van der Waals surface area contributed by atoms with E-state index in [2.05, 4.69) is 20.3 Å². The number of anilines is 1. The molecule has 0 spiro atoms. The second-order valence-corrected chi connectivity index (χ2v) is 8.62. The number of hydrogen-bond acceptors (Lipinski definition) is 4. The van der Waals surface area contributed by atoms with Gasteiger partial charge in [-0.25, -0.2) is 8.42 Å². The third-order valence-electron chi connectivity index (χ3n) is 4.50. The zero-order valence-corrected chi connectivity index (χ0v) is 19.9. The van der Waals surface area contributed by atoms with Gasteiger partial charge in [0.2, 0.25) is 10.0 Å². The van der Waals surface area contributed by atoms with Crippen LogP contribution in [0.15, 0.2) is 29.3 Å². The van der Waals surface area contributed by atoms with Crippen LogP contribution < -0.4 is 15.4 Å². The normalized spacial score (nSPS) is 15.6. The van der Waals surface area contributed by atoms with Gasteiger partial charge in [-0.15, -0.1) is 24.0 Å². The maximum absolute atomic E-state index is 11.5. The summed E-state index contributed by atoms with van der Waals surface area (Å²) >= 11 is 0. The predicted molar refractivity (Wildman–Crippen MR) is 126 cm³/mol. The molecule has 28 heavy (non-hydrogen) atoms. The lowest BCUT2D eigenvalue weighted by molar-refractivity contribution is 0.0277. The zero-order chi connectivity index (χ0) is 19.5. The highest BCUT2D eigenvalue weighted by Crippen LogP contribution is 2.20. The van der Waals surface area contributed by atoms with Crippen LogP contribution in [0.1, 0.15) is 44.1 Å². The highest BCUT2D eigenvalue weighted by atomic mass is 127. The standard InChI is InChI=1S/C19H32N4O3S.HI/c1-20-19(21-13-8-14-26-17-10-4-3-5-11-17)22-15-16-9-6-7-12-18(16)23-27(2,24)25;/h6-7,9,12,17,23H,3-5,8,10-11,13-15H2,1-2H3,(H2,20,21,22);1H. The van der Waals surface area contributed by atoms with Crippen molar-refractivity contribution in [2.24, 2.45) is 4.99 Å². The number of guanidine groups is 1. The smallest absolute Gasteiger partial charge is 0.229 e. The molecule has 0 heterocycles. The van der Waals surface area contributed by atoms with E-state index in [4.69, 9.17) is 4.74 Å². The Labute approximate surface area is 186 Å². The molecule has 1 saturated carbocycles. The molecule has 1 aliphatic carbocycles. The number of benzene rings is 1. The fourth-order valence-electron chi connectivity index (χ4n) is 3.13. The Morgan fingerprint density at radius 3 is 2.57 bits per heavy atom. The Morgan fingerprint density at radius 1 is 1.18 bits per heavy atom. The average Bonchev–Trinajstić information content (AvgIpc) is 2.64. The Kier molecular flexibility index (Phi) is 11.8. The number of aliphatic imine (C=N–C) groups is 1. The van der Waals surface area contributed by atoms with Gasteiger partial charge in [0.25, 0.3) is 0 Å². The number of halogens is 1. The van der Waals surface area contributed by atoms with Crippen LogP contribution in [0.25, 0.3) is 0 Å². The van der Waals surface area contributed by atoms with Gasteiger partial charge in [0.05, 0.1) is 18.0 Å². The number of nitrogens with zero attached hydrogens (tertiary/aromatic N) is 1. The van der Waals surface area contributed by atoms with Crippen LogP contribution in [0.2, 0.25) is 0 Å². The highest BCUT2D eigenvalue weighted by Gasteiger charge is 2.13. The zero-order valence-electron chi connectivity index (χ0n) is 16.7. The Balaban J connectivity index is 0.00000392. The van der Waals surface area contributed by atoms with Gasteiger partial charge >= 0.3 is 0 Å². The van der Waals surface area contributed by atoms with Gasteiger partial charge in [0, 0.05) is 26.7 Å². The lowest BCUT2D eigenvalue weighted by Crippen LogP contribution is -2.37. The first-order chi connectivity index (χ1) is 13.0. The number of hydrogen-bond donors (Lipinski definition) is 3. The number of ether oxygens (including phenoxy) is 1. The molecular weight excluding hydrogens is 491 g/mol. The molecule has 0 aromatic heterocycles. The second kappa shape index (κ2) is 13.2. The summed E-state index contributed by atoms with van der Waals surface area (Å²) in [5.74, 6) is 0.682. The van der Waals surface area contributed by atoms with E-state index in [0.29, 0.717) is 24.3 Å². The maximum atomic E-state index is 11.5. The molecule has 0 unspecified atom stereocenters. The van der Waals surface area contributed by atoms with E-state index in [1.54, 1.807) is 19.2 Å². The summed E-state index contributed by atoms with van der Waals surface area (Å²) in [6.07, 6.45) is 8.80. The van der Waals surface area contributed by atoms with E-state index in [9.17, 15) is 8.42 Å². The van der Waals surface area contributed by atoms with Gasteiger partial charge in [0.15, 0.2) is 5.96 Å². The van der Waals surface area contributed by atoms with Crippen molar-refractivity contribution < 1.29 is 13.2 Å². The maximum Gasteiger partial charge on any atom is 0.229 e. The van der Waals surface area contributed by atoms with E-state index in [-0.39, 0.29) is 24.0 Å². The van der Waals surface area contributed by atoms with Gasteiger partial charge in [-0.1, -0.05) is 37.5 Å². The summed E-state index contributed by atoms with van der Waals surface area (Å²) in [6.45, 7) is 2.00.